The number of hydrogen-bond acceptors (Lipinski definition) is 3. The molecule has 0 spiro atoms. The van der Waals surface area contributed by atoms with Crippen LogP contribution in [0.1, 0.15) is 51.0 Å². The molecule has 0 atom stereocenters. The van der Waals surface area contributed by atoms with Crippen LogP contribution in [-0.2, 0) is 11.3 Å². The molecule has 0 radical (unpaired) electrons. The second-order valence-electron chi connectivity index (χ2n) is 7.97. The Balaban J connectivity index is 1.84. The summed E-state index contributed by atoms with van der Waals surface area (Å²) in [6, 6.07) is 7.72. The van der Waals surface area contributed by atoms with Gasteiger partial charge in [0, 0.05) is 31.2 Å². The van der Waals surface area contributed by atoms with Crippen molar-refractivity contribution in [3.8, 4) is 0 Å². The molecule has 1 aliphatic rings. The predicted molar refractivity (Wildman–Crippen MR) is 114 cm³/mol. The van der Waals surface area contributed by atoms with Gasteiger partial charge < -0.3 is 20.4 Å². The number of benzene rings is 1. The van der Waals surface area contributed by atoms with Gasteiger partial charge in [0.25, 0.3) is 0 Å². The summed E-state index contributed by atoms with van der Waals surface area (Å²) in [5.41, 5.74) is 1.79. The van der Waals surface area contributed by atoms with E-state index in [-0.39, 0.29) is 17.9 Å². The van der Waals surface area contributed by atoms with Crippen LogP contribution in [0.3, 0.4) is 0 Å². The summed E-state index contributed by atoms with van der Waals surface area (Å²) in [5, 5.41) is 6.05. The standard InChI is InChI=1S/C22H36N4O2/c1-4-13-26(15-8-14-25(2)3)22(28)23-17-18-9-7-12-20(16-18)24-21(27)19-10-5-6-11-19/h7,9,12,16,19H,4-6,8,10-11,13-15,17H2,1-3H3,(H,23,28)(H,24,27). The van der Waals surface area contributed by atoms with Crippen LogP contribution in [0.25, 0.3) is 0 Å². The van der Waals surface area contributed by atoms with Crippen LogP contribution in [0.2, 0.25) is 0 Å². The molecular formula is C22H36N4O2. The van der Waals surface area contributed by atoms with Gasteiger partial charge >= 0.3 is 6.03 Å². The molecule has 0 unspecified atom stereocenters. The second-order valence-corrected chi connectivity index (χ2v) is 7.97. The SMILES string of the molecule is CCCN(CCCN(C)C)C(=O)NCc1cccc(NC(=O)C2CCCC2)c1. The molecule has 0 aromatic heterocycles. The van der Waals surface area contributed by atoms with Crippen molar-refractivity contribution < 1.29 is 9.59 Å². The van der Waals surface area contributed by atoms with Gasteiger partial charge in [0.05, 0.1) is 0 Å². The third kappa shape index (κ3) is 7.50. The van der Waals surface area contributed by atoms with Crippen LogP contribution in [0.5, 0.6) is 0 Å². The first-order valence-corrected chi connectivity index (χ1v) is 10.6. The zero-order chi connectivity index (χ0) is 20.4. The fraction of sp³-hybridized carbons (Fsp3) is 0.636. The van der Waals surface area contributed by atoms with Crippen molar-refractivity contribution in [3.05, 3.63) is 29.8 Å². The third-order valence-corrected chi connectivity index (χ3v) is 5.18. The smallest absolute Gasteiger partial charge is 0.317 e. The third-order valence-electron chi connectivity index (χ3n) is 5.18. The topological polar surface area (TPSA) is 64.7 Å². The highest BCUT2D eigenvalue weighted by atomic mass is 16.2. The summed E-state index contributed by atoms with van der Waals surface area (Å²) < 4.78 is 0. The van der Waals surface area contributed by atoms with Crippen molar-refractivity contribution in [2.75, 3.05) is 39.0 Å². The van der Waals surface area contributed by atoms with E-state index in [4.69, 9.17) is 0 Å². The van der Waals surface area contributed by atoms with E-state index in [2.05, 4.69) is 22.5 Å². The number of urea groups is 1. The number of rotatable bonds is 10. The monoisotopic (exact) mass is 388 g/mol. The maximum Gasteiger partial charge on any atom is 0.317 e. The molecule has 2 rings (SSSR count). The lowest BCUT2D eigenvalue weighted by atomic mass is 10.1. The summed E-state index contributed by atoms with van der Waals surface area (Å²) in [6.45, 7) is 5.03. The van der Waals surface area contributed by atoms with Crippen LogP contribution in [0.4, 0.5) is 10.5 Å². The van der Waals surface area contributed by atoms with E-state index >= 15 is 0 Å². The number of carbonyl (C=O) groups excluding carboxylic acids is 2. The second kappa shape index (κ2) is 11.7. The molecule has 0 bridgehead atoms. The highest BCUT2D eigenvalue weighted by molar-refractivity contribution is 5.92. The van der Waals surface area contributed by atoms with Crippen molar-refractivity contribution in [1.29, 1.82) is 0 Å². The van der Waals surface area contributed by atoms with Crippen LogP contribution in [0, 0.1) is 5.92 Å². The van der Waals surface area contributed by atoms with Crippen molar-refractivity contribution in [2.24, 2.45) is 5.92 Å². The first-order chi connectivity index (χ1) is 13.5. The molecule has 1 fully saturated rings. The van der Waals surface area contributed by atoms with Crippen molar-refractivity contribution >= 4 is 17.6 Å². The molecule has 0 saturated heterocycles. The van der Waals surface area contributed by atoms with Gasteiger partial charge in [0.15, 0.2) is 0 Å². The van der Waals surface area contributed by atoms with Crippen LogP contribution in [0.15, 0.2) is 24.3 Å². The Hall–Kier alpha value is -2.08. The highest BCUT2D eigenvalue weighted by Gasteiger charge is 2.22. The zero-order valence-corrected chi connectivity index (χ0v) is 17.7. The first kappa shape index (κ1) is 22.2. The molecule has 3 amide bonds. The largest absolute Gasteiger partial charge is 0.334 e. The molecule has 0 aliphatic heterocycles. The lowest BCUT2D eigenvalue weighted by Gasteiger charge is -2.23. The van der Waals surface area contributed by atoms with E-state index in [1.165, 1.54) is 0 Å². The summed E-state index contributed by atoms with van der Waals surface area (Å²) in [4.78, 5) is 28.9. The molecule has 1 aliphatic carbocycles. The molecular weight excluding hydrogens is 352 g/mol. The van der Waals surface area contributed by atoms with E-state index in [0.717, 1.165) is 69.4 Å². The number of carbonyl (C=O) groups is 2. The van der Waals surface area contributed by atoms with Gasteiger partial charge in [-0.25, -0.2) is 4.79 Å². The number of nitrogens with zero attached hydrogens (tertiary/aromatic N) is 2. The Morgan fingerprint density at radius 2 is 1.86 bits per heavy atom. The number of amides is 3. The Labute approximate surface area is 169 Å². The van der Waals surface area contributed by atoms with Crippen LogP contribution in [-0.4, -0.2) is 55.5 Å². The number of nitrogens with one attached hydrogen (secondary N) is 2. The van der Waals surface area contributed by atoms with Gasteiger partial charge in [-0.3, -0.25) is 4.79 Å². The van der Waals surface area contributed by atoms with Gasteiger partial charge in [-0.1, -0.05) is 31.9 Å². The molecule has 2 N–H and O–H groups in total. The van der Waals surface area contributed by atoms with Crippen molar-refractivity contribution in [2.45, 2.75) is 52.0 Å². The van der Waals surface area contributed by atoms with Crippen LogP contribution < -0.4 is 10.6 Å². The highest BCUT2D eigenvalue weighted by Crippen LogP contribution is 2.26. The molecule has 28 heavy (non-hydrogen) atoms. The lowest BCUT2D eigenvalue weighted by molar-refractivity contribution is -0.119. The lowest BCUT2D eigenvalue weighted by Crippen LogP contribution is -2.41. The summed E-state index contributed by atoms with van der Waals surface area (Å²) in [6.07, 6.45) is 6.17. The molecule has 1 saturated carbocycles. The minimum Gasteiger partial charge on any atom is -0.334 e. The molecule has 6 heteroatoms. The Morgan fingerprint density at radius 3 is 2.54 bits per heavy atom. The average Bonchev–Trinajstić information content (AvgIpc) is 3.20. The molecule has 0 heterocycles. The maximum absolute atomic E-state index is 12.6. The summed E-state index contributed by atoms with van der Waals surface area (Å²) in [7, 11) is 4.09. The van der Waals surface area contributed by atoms with E-state index in [9.17, 15) is 9.59 Å². The Morgan fingerprint density at radius 1 is 1.11 bits per heavy atom. The number of hydrogen-bond donors (Lipinski definition) is 2. The minimum absolute atomic E-state index is 0.0269. The summed E-state index contributed by atoms with van der Waals surface area (Å²) >= 11 is 0. The zero-order valence-electron chi connectivity index (χ0n) is 17.7. The van der Waals surface area contributed by atoms with Crippen LogP contribution >= 0.6 is 0 Å². The van der Waals surface area contributed by atoms with Crippen molar-refractivity contribution in [1.82, 2.24) is 15.1 Å². The summed E-state index contributed by atoms with van der Waals surface area (Å²) in [5.74, 6) is 0.266. The van der Waals surface area contributed by atoms with E-state index < -0.39 is 0 Å². The Bertz CT molecular complexity index is 627. The van der Waals surface area contributed by atoms with E-state index in [1.54, 1.807) is 0 Å². The molecule has 1 aromatic carbocycles. The first-order valence-electron chi connectivity index (χ1n) is 10.6. The quantitative estimate of drug-likeness (QED) is 0.642. The van der Waals surface area contributed by atoms with Gasteiger partial charge in [-0.15, -0.1) is 0 Å². The molecule has 1 aromatic rings. The maximum atomic E-state index is 12.6. The minimum atomic E-state index is -0.0269. The average molecular weight is 389 g/mol. The van der Waals surface area contributed by atoms with Crippen molar-refractivity contribution in [3.63, 3.8) is 0 Å². The van der Waals surface area contributed by atoms with Gasteiger partial charge in [0.1, 0.15) is 0 Å². The van der Waals surface area contributed by atoms with Gasteiger partial charge in [-0.05, 0) is 64.0 Å². The van der Waals surface area contributed by atoms with E-state index in [0.29, 0.717) is 6.54 Å². The number of anilines is 1. The predicted octanol–water partition coefficient (Wildman–Crippen LogP) is 3.69. The van der Waals surface area contributed by atoms with E-state index in [1.807, 2.05) is 43.3 Å². The fourth-order valence-corrected chi connectivity index (χ4v) is 3.64. The fourth-order valence-electron chi connectivity index (χ4n) is 3.64. The normalized spacial score (nSPS) is 14.3. The molecule has 156 valence electrons. The van der Waals surface area contributed by atoms with Gasteiger partial charge in [-0.2, -0.15) is 0 Å². The van der Waals surface area contributed by atoms with Gasteiger partial charge in [0.2, 0.25) is 5.91 Å². The Kier molecular flexibility index (Phi) is 9.28. The molecule has 6 nitrogen and oxygen atoms in total.